The van der Waals surface area contributed by atoms with Crippen molar-refractivity contribution in [1.82, 2.24) is 4.98 Å². The summed E-state index contributed by atoms with van der Waals surface area (Å²) in [5.41, 5.74) is 1.25. The van der Waals surface area contributed by atoms with Gasteiger partial charge in [0.1, 0.15) is 0 Å². The Bertz CT molecular complexity index is 275. The highest BCUT2D eigenvalue weighted by Crippen LogP contribution is 2.22. The molecule has 0 atom stereocenters. The van der Waals surface area contributed by atoms with Gasteiger partial charge in [-0.1, -0.05) is 0 Å². The van der Waals surface area contributed by atoms with Crippen LogP contribution in [0, 0.1) is 3.57 Å². The first-order valence-corrected chi connectivity index (χ1v) is 4.71. The summed E-state index contributed by atoms with van der Waals surface area (Å²) in [6.07, 6.45) is 4.07. The van der Waals surface area contributed by atoms with E-state index in [0.717, 1.165) is 25.3 Å². The van der Waals surface area contributed by atoms with Crippen LogP contribution >= 0.6 is 22.6 Å². The Morgan fingerprint density at radius 2 is 2.45 bits per heavy atom. The molecule has 2 nitrogen and oxygen atoms in total. The Morgan fingerprint density at radius 3 is 3.36 bits per heavy atom. The Hall–Kier alpha value is -0.320. The molecule has 0 aromatic carbocycles. The number of rotatable bonds is 0. The number of ether oxygens (including phenoxy) is 1. The number of nitrogens with zero attached hydrogens (tertiary/aromatic N) is 1. The van der Waals surface area contributed by atoms with E-state index in [9.17, 15) is 0 Å². The summed E-state index contributed by atoms with van der Waals surface area (Å²) in [5, 5.41) is 0. The lowest BCUT2D eigenvalue weighted by atomic mass is 10.1. The smallest absolute Gasteiger partial charge is 0.216 e. The number of hydrogen-bond donors (Lipinski definition) is 0. The molecule has 0 aliphatic carbocycles. The van der Waals surface area contributed by atoms with Crippen LogP contribution in [0.4, 0.5) is 0 Å². The summed E-state index contributed by atoms with van der Waals surface area (Å²) in [4.78, 5) is 4.19. The van der Waals surface area contributed by atoms with Crippen LogP contribution in [0.2, 0.25) is 0 Å². The van der Waals surface area contributed by atoms with Gasteiger partial charge in [0.2, 0.25) is 5.88 Å². The van der Waals surface area contributed by atoms with Crippen molar-refractivity contribution in [3.05, 3.63) is 21.4 Å². The van der Waals surface area contributed by atoms with E-state index in [1.165, 1.54) is 9.13 Å². The van der Waals surface area contributed by atoms with Crippen LogP contribution in [0.25, 0.3) is 0 Å². The van der Waals surface area contributed by atoms with Crippen molar-refractivity contribution in [1.29, 1.82) is 0 Å². The molecule has 0 bridgehead atoms. The molecule has 1 aliphatic heterocycles. The van der Waals surface area contributed by atoms with Crippen LogP contribution in [-0.4, -0.2) is 11.6 Å². The predicted molar refractivity (Wildman–Crippen MR) is 50.8 cm³/mol. The summed E-state index contributed by atoms with van der Waals surface area (Å²) in [6.45, 7) is 0.820. The number of fused-ring (bicyclic) bond motifs is 1. The van der Waals surface area contributed by atoms with Crippen molar-refractivity contribution in [2.24, 2.45) is 0 Å². The average Bonchev–Trinajstić information content (AvgIpc) is 2.04. The van der Waals surface area contributed by atoms with Crippen molar-refractivity contribution >= 4 is 22.6 Å². The molecule has 0 radical (unpaired) electrons. The molecule has 2 heterocycles. The van der Waals surface area contributed by atoms with Gasteiger partial charge in [0.15, 0.2) is 0 Å². The minimum Gasteiger partial charge on any atom is -0.477 e. The van der Waals surface area contributed by atoms with Gasteiger partial charge >= 0.3 is 0 Å². The summed E-state index contributed by atoms with van der Waals surface area (Å²) in [7, 11) is 0. The highest BCUT2D eigenvalue weighted by molar-refractivity contribution is 14.1. The predicted octanol–water partition coefficient (Wildman–Crippen LogP) is 2.01. The van der Waals surface area contributed by atoms with Crippen molar-refractivity contribution in [2.75, 3.05) is 6.61 Å². The van der Waals surface area contributed by atoms with E-state index in [4.69, 9.17) is 4.74 Å². The van der Waals surface area contributed by atoms with Gasteiger partial charge in [-0.2, -0.15) is 0 Å². The lowest BCUT2D eigenvalue weighted by Gasteiger charge is -2.15. The molecule has 2 rings (SSSR count). The summed E-state index contributed by atoms with van der Waals surface area (Å²) in [6, 6.07) is 2.14. The van der Waals surface area contributed by atoms with Crippen LogP contribution < -0.4 is 4.74 Å². The van der Waals surface area contributed by atoms with Crippen LogP contribution in [0.3, 0.4) is 0 Å². The molecule has 0 saturated heterocycles. The first kappa shape index (κ1) is 7.34. The van der Waals surface area contributed by atoms with Gasteiger partial charge in [0.25, 0.3) is 0 Å². The van der Waals surface area contributed by atoms with Crippen LogP contribution in [0.5, 0.6) is 5.88 Å². The molecule has 58 valence electrons. The van der Waals surface area contributed by atoms with Gasteiger partial charge in [-0.3, -0.25) is 0 Å². The third-order valence-electron chi connectivity index (χ3n) is 1.72. The standard InChI is InChI=1S/C8H8INO/c9-7-4-6-2-1-3-11-8(6)10-5-7/h4-5H,1-3H2. The molecular weight excluding hydrogens is 253 g/mol. The lowest BCUT2D eigenvalue weighted by Crippen LogP contribution is -2.09. The molecule has 1 aliphatic rings. The molecular formula is C8H8INO. The van der Waals surface area contributed by atoms with Gasteiger partial charge < -0.3 is 4.74 Å². The quantitative estimate of drug-likeness (QED) is 0.666. The average molecular weight is 261 g/mol. The molecule has 3 heteroatoms. The zero-order valence-electron chi connectivity index (χ0n) is 6.01. The second kappa shape index (κ2) is 2.97. The number of hydrogen-bond acceptors (Lipinski definition) is 2. The first-order valence-electron chi connectivity index (χ1n) is 3.63. The fourth-order valence-electron chi connectivity index (χ4n) is 1.21. The van der Waals surface area contributed by atoms with Gasteiger partial charge in [0.05, 0.1) is 6.61 Å². The highest BCUT2D eigenvalue weighted by atomic mass is 127. The number of aryl methyl sites for hydroxylation is 1. The topological polar surface area (TPSA) is 22.1 Å². The Kier molecular flexibility index (Phi) is 1.98. The lowest BCUT2D eigenvalue weighted by molar-refractivity contribution is 0.276. The maximum Gasteiger partial charge on any atom is 0.216 e. The largest absolute Gasteiger partial charge is 0.477 e. The molecule has 0 saturated carbocycles. The van der Waals surface area contributed by atoms with Gasteiger partial charge in [-0.05, 0) is 41.5 Å². The Morgan fingerprint density at radius 1 is 1.55 bits per heavy atom. The monoisotopic (exact) mass is 261 g/mol. The Balaban J connectivity index is 2.43. The Labute approximate surface area is 79.1 Å². The van der Waals surface area contributed by atoms with Crippen molar-refractivity contribution in [3.8, 4) is 5.88 Å². The molecule has 0 amide bonds. The maximum absolute atomic E-state index is 5.36. The molecule has 0 spiro atoms. The highest BCUT2D eigenvalue weighted by Gasteiger charge is 2.10. The number of halogens is 1. The van der Waals surface area contributed by atoms with E-state index in [-0.39, 0.29) is 0 Å². The van der Waals surface area contributed by atoms with Gasteiger partial charge in [-0.25, -0.2) is 4.98 Å². The molecule has 1 aromatic heterocycles. The van der Waals surface area contributed by atoms with Crippen molar-refractivity contribution < 1.29 is 4.74 Å². The van der Waals surface area contributed by atoms with E-state index in [1.807, 2.05) is 6.20 Å². The van der Waals surface area contributed by atoms with Gasteiger partial charge in [0, 0.05) is 15.3 Å². The van der Waals surface area contributed by atoms with Crippen LogP contribution in [-0.2, 0) is 6.42 Å². The molecule has 1 aromatic rings. The first-order chi connectivity index (χ1) is 5.36. The zero-order chi connectivity index (χ0) is 7.68. The fourth-order valence-corrected chi connectivity index (χ4v) is 1.72. The molecule has 0 fully saturated rings. The van der Waals surface area contributed by atoms with E-state index < -0.39 is 0 Å². The summed E-state index contributed by atoms with van der Waals surface area (Å²) < 4.78 is 6.55. The normalized spacial score (nSPS) is 15.4. The van der Waals surface area contributed by atoms with Gasteiger partial charge in [-0.15, -0.1) is 0 Å². The van der Waals surface area contributed by atoms with E-state index in [2.05, 4.69) is 33.6 Å². The van der Waals surface area contributed by atoms with Crippen molar-refractivity contribution in [3.63, 3.8) is 0 Å². The minimum absolute atomic E-state index is 0.820. The van der Waals surface area contributed by atoms with Crippen LogP contribution in [0.15, 0.2) is 12.3 Å². The SMILES string of the molecule is Ic1cnc2c(c1)CCCO2. The van der Waals surface area contributed by atoms with Crippen molar-refractivity contribution in [2.45, 2.75) is 12.8 Å². The molecule has 0 unspecified atom stereocenters. The summed E-state index contributed by atoms with van der Waals surface area (Å²) >= 11 is 2.27. The second-order valence-electron chi connectivity index (χ2n) is 2.57. The fraction of sp³-hybridized carbons (Fsp3) is 0.375. The third kappa shape index (κ3) is 1.47. The molecule has 0 N–H and O–H groups in total. The van der Waals surface area contributed by atoms with E-state index in [0.29, 0.717) is 0 Å². The maximum atomic E-state index is 5.36. The summed E-state index contributed by atoms with van der Waals surface area (Å²) in [5.74, 6) is 0.830. The van der Waals surface area contributed by atoms with E-state index in [1.54, 1.807) is 0 Å². The number of pyridine rings is 1. The van der Waals surface area contributed by atoms with Crippen LogP contribution in [0.1, 0.15) is 12.0 Å². The second-order valence-corrected chi connectivity index (χ2v) is 3.82. The number of aromatic nitrogens is 1. The van der Waals surface area contributed by atoms with E-state index >= 15 is 0 Å². The third-order valence-corrected chi connectivity index (χ3v) is 2.31. The zero-order valence-corrected chi connectivity index (χ0v) is 8.17. The molecule has 11 heavy (non-hydrogen) atoms. The minimum atomic E-state index is 0.820.